The van der Waals surface area contributed by atoms with E-state index < -0.39 is 0 Å². The molecule has 1 aliphatic carbocycles. The molecule has 106 valence electrons. The third-order valence-corrected chi connectivity index (χ3v) is 5.62. The van der Waals surface area contributed by atoms with E-state index in [0.29, 0.717) is 4.75 Å². The molecule has 0 atom stereocenters. The maximum atomic E-state index is 13.2. The summed E-state index contributed by atoms with van der Waals surface area (Å²) in [5.74, 6) is -0.114. The van der Waals surface area contributed by atoms with Crippen molar-refractivity contribution in [2.75, 3.05) is 12.8 Å². The molecule has 0 aliphatic heterocycles. The Balaban J connectivity index is 1.86. The fourth-order valence-corrected chi connectivity index (χ4v) is 3.84. The third-order valence-electron chi connectivity index (χ3n) is 4.20. The Kier molecular flexibility index (Phi) is 5.28. The van der Waals surface area contributed by atoms with Crippen LogP contribution in [0.5, 0.6) is 0 Å². The van der Waals surface area contributed by atoms with Crippen LogP contribution in [0, 0.1) is 12.7 Å². The topological polar surface area (TPSA) is 12.0 Å². The number of hydrogen-bond acceptors (Lipinski definition) is 2. The van der Waals surface area contributed by atoms with E-state index in [9.17, 15) is 4.39 Å². The zero-order valence-corrected chi connectivity index (χ0v) is 12.8. The summed E-state index contributed by atoms with van der Waals surface area (Å²) >= 11 is 2.01. The number of thioether (sulfide) groups is 1. The molecule has 0 unspecified atom stereocenters. The van der Waals surface area contributed by atoms with Crippen molar-refractivity contribution in [1.29, 1.82) is 0 Å². The highest BCUT2D eigenvalue weighted by Crippen LogP contribution is 2.37. The van der Waals surface area contributed by atoms with E-state index in [2.05, 4.69) is 11.6 Å². The quantitative estimate of drug-likeness (QED) is 0.864. The lowest BCUT2D eigenvalue weighted by Gasteiger charge is -2.36. The SMILES string of the molecule is CSC1(CNCc2ccc(F)c(C)c2)CCCCC1. The molecule has 1 saturated carbocycles. The van der Waals surface area contributed by atoms with Crippen LogP contribution in [0.1, 0.15) is 43.2 Å². The van der Waals surface area contributed by atoms with Gasteiger partial charge in [-0.15, -0.1) is 0 Å². The van der Waals surface area contributed by atoms with E-state index >= 15 is 0 Å². The molecule has 0 bridgehead atoms. The monoisotopic (exact) mass is 281 g/mol. The van der Waals surface area contributed by atoms with Crippen molar-refractivity contribution >= 4 is 11.8 Å². The largest absolute Gasteiger partial charge is 0.311 e. The van der Waals surface area contributed by atoms with Crippen LogP contribution in [0.4, 0.5) is 4.39 Å². The van der Waals surface area contributed by atoms with Gasteiger partial charge in [-0.3, -0.25) is 0 Å². The average Bonchev–Trinajstić information content (AvgIpc) is 2.44. The Bertz CT molecular complexity index is 413. The van der Waals surface area contributed by atoms with Crippen molar-refractivity contribution in [3.63, 3.8) is 0 Å². The molecule has 3 heteroatoms. The Labute approximate surface area is 120 Å². The second-order valence-corrected chi connectivity index (χ2v) is 6.91. The van der Waals surface area contributed by atoms with Crippen molar-refractivity contribution in [2.45, 2.75) is 50.3 Å². The van der Waals surface area contributed by atoms with Gasteiger partial charge in [0.15, 0.2) is 0 Å². The normalized spacial score (nSPS) is 18.5. The molecule has 0 amide bonds. The Morgan fingerprint density at radius 1 is 1.26 bits per heavy atom. The molecule has 1 nitrogen and oxygen atoms in total. The summed E-state index contributed by atoms with van der Waals surface area (Å²) in [7, 11) is 0. The van der Waals surface area contributed by atoms with Crippen molar-refractivity contribution < 1.29 is 4.39 Å². The van der Waals surface area contributed by atoms with Gasteiger partial charge < -0.3 is 5.32 Å². The maximum Gasteiger partial charge on any atom is 0.126 e. The maximum absolute atomic E-state index is 13.2. The highest BCUT2D eigenvalue weighted by molar-refractivity contribution is 8.00. The lowest BCUT2D eigenvalue weighted by Crippen LogP contribution is -2.39. The van der Waals surface area contributed by atoms with E-state index in [1.54, 1.807) is 6.07 Å². The van der Waals surface area contributed by atoms with Gasteiger partial charge in [-0.2, -0.15) is 11.8 Å². The fourth-order valence-electron chi connectivity index (χ4n) is 2.90. The average molecular weight is 281 g/mol. The van der Waals surface area contributed by atoms with Crippen LogP contribution < -0.4 is 5.32 Å². The molecule has 1 aromatic carbocycles. The van der Waals surface area contributed by atoms with Crippen molar-refractivity contribution in [1.82, 2.24) is 5.32 Å². The van der Waals surface area contributed by atoms with Crippen LogP contribution in [0.25, 0.3) is 0 Å². The van der Waals surface area contributed by atoms with Gasteiger partial charge in [-0.05, 0) is 43.2 Å². The van der Waals surface area contributed by atoms with Crippen LogP contribution in [0.15, 0.2) is 18.2 Å². The first kappa shape index (κ1) is 14.9. The first-order chi connectivity index (χ1) is 9.15. The molecule has 0 saturated heterocycles. The molecule has 0 aromatic heterocycles. The number of hydrogen-bond donors (Lipinski definition) is 1. The van der Waals surface area contributed by atoms with Crippen LogP contribution in [-0.4, -0.2) is 17.5 Å². The Morgan fingerprint density at radius 2 is 2.00 bits per heavy atom. The Hall–Kier alpha value is -0.540. The molecule has 1 aromatic rings. The summed E-state index contributed by atoms with van der Waals surface area (Å²) in [6, 6.07) is 5.38. The summed E-state index contributed by atoms with van der Waals surface area (Å²) in [4.78, 5) is 0. The number of benzene rings is 1. The lowest BCUT2D eigenvalue weighted by atomic mass is 9.88. The second-order valence-electron chi connectivity index (χ2n) is 5.63. The van der Waals surface area contributed by atoms with Crippen LogP contribution >= 0.6 is 11.8 Å². The minimum Gasteiger partial charge on any atom is -0.311 e. The third kappa shape index (κ3) is 3.96. The summed E-state index contributed by atoms with van der Waals surface area (Å²) in [5, 5.41) is 3.57. The van der Waals surface area contributed by atoms with Crippen LogP contribution in [0.2, 0.25) is 0 Å². The smallest absolute Gasteiger partial charge is 0.126 e. The van der Waals surface area contributed by atoms with E-state index in [1.807, 2.05) is 30.8 Å². The van der Waals surface area contributed by atoms with Crippen molar-refractivity contribution in [3.8, 4) is 0 Å². The van der Waals surface area contributed by atoms with Crippen molar-refractivity contribution in [3.05, 3.63) is 35.1 Å². The number of halogens is 1. The zero-order valence-electron chi connectivity index (χ0n) is 12.0. The lowest BCUT2D eigenvalue weighted by molar-refractivity contribution is 0.379. The van der Waals surface area contributed by atoms with Gasteiger partial charge in [0, 0.05) is 17.8 Å². The molecule has 1 N–H and O–H groups in total. The van der Waals surface area contributed by atoms with E-state index in [4.69, 9.17) is 0 Å². The zero-order chi connectivity index (χ0) is 13.7. The molecule has 2 rings (SSSR count). The number of aryl methyl sites for hydroxylation is 1. The van der Waals surface area contributed by atoms with E-state index in [1.165, 1.54) is 37.7 Å². The molecule has 0 spiro atoms. The summed E-state index contributed by atoms with van der Waals surface area (Å²) in [5.41, 5.74) is 1.91. The fraction of sp³-hybridized carbons (Fsp3) is 0.625. The van der Waals surface area contributed by atoms with Crippen LogP contribution in [-0.2, 0) is 6.54 Å². The predicted molar refractivity (Wildman–Crippen MR) is 82.2 cm³/mol. The second kappa shape index (κ2) is 6.76. The van der Waals surface area contributed by atoms with Gasteiger partial charge in [0.2, 0.25) is 0 Å². The number of nitrogens with one attached hydrogen (secondary N) is 1. The minimum absolute atomic E-state index is 0.114. The summed E-state index contributed by atoms with van der Waals surface area (Å²) in [6.45, 7) is 3.72. The minimum atomic E-state index is -0.114. The molecule has 1 aliphatic rings. The molecule has 19 heavy (non-hydrogen) atoms. The van der Waals surface area contributed by atoms with Gasteiger partial charge in [0.1, 0.15) is 5.82 Å². The predicted octanol–water partition coefficient (Wildman–Crippen LogP) is 4.29. The Morgan fingerprint density at radius 3 is 2.63 bits per heavy atom. The summed E-state index contributed by atoms with van der Waals surface area (Å²) < 4.78 is 13.6. The molecular formula is C16H24FNS. The standard InChI is InChI=1S/C16H24FNS/c1-13-10-14(6-7-15(13)17)11-18-12-16(19-2)8-4-3-5-9-16/h6-7,10,18H,3-5,8-9,11-12H2,1-2H3. The van der Waals surface area contributed by atoms with E-state index in [0.717, 1.165) is 18.7 Å². The molecule has 0 heterocycles. The van der Waals surface area contributed by atoms with Gasteiger partial charge >= 0.3 is 0 Å². The van der Waals surface area contributed by atoms with Gasteiger partial charge in [0.25, 0.3) is 0 Å². The van der Waals surface area contributed by atoms with E-state index in [-0.39, 0.29) is 5.82 Å². The highest BCUT2D eigenvalue weighted by Gasteiger charge is 2.30. The molecule has 1 fully saturated rings. The van der Waals surface area contributed by atoms with Gasteiger partial charge in [-0.25, -0.2) is 4.39 Å². The molecule has 0 radical (unpaired) electrons. The number of rotatable bonds is 5. The first-order valence-electron chi connectivity index (χ1n) is 7.16. The van der Waals surface area contributed by atoms with Crippen molar-refractivity contribution in [2.24, 2.45) is 0 Å². The molecular weight excluding hydrogens is 257 g/mol. The van der Waals surface area contributed by atoms with Crippen LogP contribution in [0.3, 0.4) is 0 Å². The van der Waals surface area contributed by atoms with Gasteiger partial charge in [-0.1, -0.05) is 31.4 Å². The van der Waals surface area contributed by atoms with Gasteiger partial charge in [0.05, 0.1) is 0 Å². The highest BCUT2D eigenvalue weighted by atomic mass is 32.2. The summed E-state index contributed by atoms with van der Waals surface area (Å²) in [6.07, 6.45) is 8.98. The first-order valence-corrected chi connectivity index (χ1v) is 8.39.